The van der Waals surface area contributed by atoms with Gasteiger partial charge in [-0.05, 0) is 24.6 Å². The second kappa shape index (κ2) is 6.92. The fourth-order valence-corrected chi connectivity index (χ4v) is 2.86. The van der Waals surface area contributed by atoms with E-state index < -0.39 is 0 Å². The maximum Gasteiger partial charge on any atom is 0.229 e. The van der Waals surface area contributed by atoms with Crippen LogP contribution in [0.2, 0.25) is 5.02 Å². The first-order valence-corrected chi connectivity index (χ1v) is 7.91. The second-order valence-electron chi connectivity index (χ2n) is 5.16. The third-order valence-corrected chi connectivity index (χ3v) is 3.84. The number of aromatic nitrogens is 3. The SMILES string of the molecule is C=CCOc1c(Cl)cc(C2CC(=O)Nc3ncnn32)cc1OCC. The Labute approximate surface area is 144 Å². The Hall–Kier alpha value is -2.54. The van der Waals surface area contributed by atoms with E-state index in [1.54, 1.807) is 16.8 Å². The fraction of sp³-hybridized carbons (Fsp3) is 0.312. The van der Waals surface area contributed by atoms with Crippen LogP contribution in [0.3, 0.4) is 0 Å². The molecule has 7 nitrogen and oxygen atoms in total. The zero-order chi connectivity index (χ0) is 17.1. The number of amides is 1. The molecule has 0 saturated carbocycles. The van der Waals surface area contributed by atoms with Crippen molar-refractivity contribution in [1.82, 2.24) is 14.8 Å². The van der Waals surface area contributed by atoms with Crippen molar-refractivity contribution in [3.05, 3.63) is 41.7 Å². The van der Waals surface area contributed by atoms with Crippen LogP contribution in [0.1, 0.15) is 24.9 Å². The molecular weight excluding hydrogens is 332 g/mol. The average Bonchev–Trinajstić information content (AvgIpc) is 3.01. The predicted octanol–water partition coefficient (Wildman–Crippen LogP) is 2.83. The molecule has 1 aliphatic heterocycles. The summed E-state index contributed by atoms with van der Waals surface area (Å²) in [6.45, 7) is 6.28. The normalized spacial score (nSPS) is 16.2. The van der Waals surface area contributed by atoms with Crippen molar-refractivity contribution >= 4 is 23.5 Å². The highest BCUT2D eigenvalue weighted by Crippen LogP contribution is 2.40. The molecule has 0 bridgehead atoms. The molecule has 0 aliphatic carbocycles. The lowest BCUT2D eigenvalue weighted by Gasteiger charge is -2.25. The first kappa shape index (κ1) is 16.3. The molecule has 0 saturated heterocycles. The summed E-state index contributed by atoms with van der Waals surface area (Å²) in [6.07, 6.45) is 3.28. The van der Waals surface area contributed by atoms with Crippen molar-refractivity contribution in [2.75, 3.05) is 18.5 Å². The highest BCUT2D eigenvalue weighted by atomic mass is 35.5. The lowest BCUT2D eigenvalue weighted by Crippen LogP contribution is -2.29. The maximum absolute atomic E-state index is 11.9. The van der Waals surface area contributed by atoms with E-state index in [9.17, 15) is 4.79 Å². The van der Waals surface area contributed by atoms with Gasteiger partial charge in [0, 0.05) is 0 Å². The van der Waals surface area contributed by atoms with Crippen LogP contribution in [-0.2, 0) is 4.79 Å². The Morgan fingerprint density at radius 2 is 2.33 bits per heavy atom. The third-order valence-electron chi connectivity index (χ3n) is 3.56. The summed E-state index contributed by atoms with van der Waals surface area (Å²) in [5, 5.41) is 7.28. The summed E-state index contributed by atoms with van der Waals surface area (Å²) >= 11 is 6.38. The number of halogens is 1. The molecule has 3 rings (SSSR count). The van der Waals surface area contributed by atoms with Crippen LogP contribution in [0.4, 0.5) is 5.95 Å². The van der Waals surface area contributed by atoms with Gasteiger partial charge in [0.2, 0.25) is 11.9 Å². The minimum atomic E-state index is -0.304. The topological polar surface area (TPSA) is 78.3 Å². The highest BCUT2D eigenvalue weighted by molar-refractivity contribution is 6.32. The van der Waals surface area contributed by atoms with Gasteiger partial charge in [-0.25, -0.2) is 4.68 Å². The van der Waals surface area contributed by atoms with Gasteiger partial charge in [-0.1, -0.05) is 24.3 Å². The smallest absolute Gasteiger partial charge is 0.229 e. The Kier molecular flexibility index (Phi) is 4.71. The average molecular weight is 349 g/mol. The number of anilines is 1. The number of rotatable bonds is 6. The van der Waals surface area contributed by atoms with Gasteiger partial charge in [-0.3, -0.25) is 10.1 Å². The summed E-state index contributed by atoms with van der Waals surface area (Å²) in [5.74, 6) is 1.27. The molecule has 1 aromatic heterocycles. The number of benzene rings is 1. The molecule has 2 aromatic rings. The van der Waals surface area contributed by atoms with Crippen molar-refractivity contribution in [2.24, 2.45) is 0 Å². The molecule has 0 spiro atoms. The molecule has 8 heteroatoms. The minimum absolute atomic E-state index is 0.124. The first-order chi connectivity index (χ1) is 11.6. The molecular formula is C16H17ClN4O3. The number of ether oxygens (including phenoxy) is 2. The first-order valence-electron chi connectivity index (χ1n) is 7.53. The maximum atomic E-state index is 11.9. The van der Waals surface area contributed by atoms with Crippen LogP contribution >= 0.6 is 11.6 Å². The third kappa shape index (κ3) is 3.07. The molecule has 126 valence electrons. The number of hydrogen-bond donors (Lipinski definition) is 1. The van der Waals surface area contributed by atoms with Gasteiger partial charge in [-0.2, -0.15) is 10.1 Å². The molecule has 1 aromatic carbocycles. The summed E-state index contributed by atoms with van der Waals surface area (Å²) < 4.78 is 12.9. The standard InChI is InChI=1S/C16H17ClN4O3/c1-3-5-24-15-11(17)6-10(7-13(15)23-4-2)12-8-14(22)20-16-18-9-19-21(12)16/h3,6-7,9,12H,1,4-5,8H2,2H3,(H,18,19,20,22). The Morgan fingerprint density at radius 1 is 1.50 bits per heavy atom. The van der Waals surface area contributed by atoms with Gasteiger partial charge in [0.25, 0.3) is 0 Å². The molecule has 1 aliphatic rings. The summed E-state index contributed by atoms with van der Waals surface area (Å²) in [5.41, 5.74) is 0.802. The number of nitrogens with one attached hydrogen (secondary N) is 1. The van der Waals surface area contributed by atoms with E-state index in [-0.39, 0.29) is 18.4 Å². The van der Waals surface area contributed by atoms with Crippen molar-refractivity contribution in [2.45, 2.75) is 19.4 Å². The van der Waals surface area contributed by atoms with Crippen LogP contribution in [0.5, 0.6) is 11.5 Å². The molecule has 2 heterocycles. The summed E-state index contributed by atoms with van der Waals surface area (Å²) in [6, 6.07) is 3.28. The van der Waals surface area contributed by atoms with E-state index >= 15 is 0 Å². The highest BCUT2D eigenvalue weighted by Gasteiger charge is 2.29. The Morgan fingerprint density at radius 3 is 3.08 bits per heavy atom. The van der Waals surface area contributed by atoms with Crippen LogP contribution in [0.25, 0.3) is 0 Å². The number of nitrogens with zero attached hydrogens (tertiary/aromatic N) is 3. The molecule has 1 amide bonds. The molecule has 0 radical (unpaired) electrons. The van der Waals surface area contributed by atoms with Gasteiger partial charge in [-0.15, -0.1) is 0 Å². The molecule has 0 fully saturated rings. The largest absolute Gasteiger partial charge is 0.490 e. The number of carbonyl (C=O) groups is 1. The lowest BCUT2D eigenvalue weighted by molar-refractivity contribution is -0.117. The van der Waals surface area contributed by atoms with Crippen LogP contribution in [-0.4, -0.2) is 33.9 Å². The van der Waals surface area contributed by atoms with E-state index in [0.29, 0.717) is 35.7 Å². The minimum Gasteiger partial charge on any atom is -0.490 e. The van der Waals surface area contributed by atoms with Crippen molar-refractivity contribution in [1.29, 1.82) is 0 Å². The monoisotopic (exact) mass is 348 g/mol. The Bertz CT molecular complexity index is 775. The zero-order valence-corrected chi connectivity index (χ0v) is 13.9. The van der Waals surface area contributed by atoms with Gasteiger partial charge in [0.1, 0.15) is 12.9 Å². The second-order valence-corrected chi connectivity index (χ2v) is 5.57. The van der Waals surface area contributed by atoms with Gasteiger partial charge in [0.15, 0.2) is 11.5 Å². The molecule has 1 atom stereocenters. The van der Waals surface area contributed by atoms with E-state index in [4.69, 9.17) is 21.1 Å². The quantitative estimate of drug-likeness (QED) is 0.812. The van der Waals surface area contributed by atoms with Crippen molar-refractivity contribution in [3.63, 3.8) is 0 Å². The van der Waals surface area contributed by atoms with Crippen LogP contribution in [0, 0.1) is 0 Å². The van der Waals surface area contributed by atoms with Crippen LogP contribution in [0.15, 0.2) is 31.1 Å². The predicted molar refractivity (Wildman–Crippen MR) is 89.7 cm³/mol. The van der Waals surface area contributed by atoms with Crippen molar-refractivity contribution in [3.8, 4) is 11.5 Å². The molecule has 1 unspecified atom stereocenters. The summed E-state index contributed by atoms with van der Waals surface area (Å²) in [4.78, 5) is 16.0. The number of hydrogen-bond acceptors (Lipinski definition) is 5. The van der Waals surface area contributed by atoms with E-state index in [0.717, 1.165) is 5.56 Å². The van der Waals surface area contributed by atoms with Crippen LogP contribution < -0.4 is 14.8 Å². The zero-order valence-electron chi connectivity index (χ0n) is 13.2. The van der Waals surface area contributed by atoms with E-state index in [1.807, 2.05) is 13.0 Å². The number of carbonyl (C=O) groups excluding carboxylic acids is 1. The summed E-state index contributed by atoms with van der Waals surface area (Å²) in [7, 11) is 0. The molecule has 24 heavy (non-hydrogen) atoms. The number of fused-ring (bicyclic) bond motifs is 1. The van der Waals surface area contributed by atoms with E-state index in [1.165, 1.54) is 6.33 Å². The van der Waals surface area contributed by atoms with Crippen molar-refractivity contribution < 1.29 is 14.3 Å². The Balaban J connectivity index is 2.03. The molecule has 1 N–H and O–H groups in total. The lowest BCUT2D eigenvalue weighted by atomic mass is 10.0. The van der Waals surface area contributed by atoms with Gasteiger partial charge in [0.05, 0.1) is 24.1 Å². The van der Waals surface area contributed by atoms with Gasteiger partial charge >= 0.3 is 0 Å². The van der Waals surface area contributed by atoms with E-state index in [2.05, 4.69) is 22.0 Å². The fourth-order valence-electron chi connectivity index (χ4n) is 2.59. The van der Waals surface area contributed by atoms with Gasteiger partial charge < -0.3 is 9.47 Å².